The van der Waals surface area contributed by atoms with Crippen LogP contribution < -0.4 is 21.6 Å². The fourth-order valence-corrected chi connectivity index (χ4v) is 5.24. The minimum absolute atomic E-state index is 0.0267. The van der Waals surface area contributed by atoms with Gasteiger partial charge < -0.3 is 16.1 Å². The zero-order chi connectivity index (χ0) is 29.6. The van der Waals surface area contributed by atoms with Crippen molar-refractivity contribution in [1.82, 2.24) is 30.6 Å². The van der Waals surface area contributed by atoms with E-state index in [0.717, 1.165) is 16.8 Å². The van der Waals surface area contributed by atoms with Gasteiger partial charge in [0, 0.05) is 48.0 Å². The number of fused-ring (bicyclic) bond motifs is 2. The quantitative estimate of drug-likeness (QED) is 0.212. The third-order valence-corrected chi connectivity index (χ3v) is 7.68. The van der Waals surface area contributed by atoms with Gasteiger partial charge in [-0.2, -0.15) is 10.4 Å². The van der Waals surface area contributed by atoms with Gasteiger partial charge in [0.25, 0.3) is 6.43 Å². The van der Waals surface area contributed by atoms with Crippen LogP contribution in [0.3, 0.4) is 0 Å². The molecule has 6 rings (SSSR count). The van der Waals surface area contributed by atoms with Crippen LogP contribution >= 0.6 is 0 Å². The normalized spacial score (nSPS) is 16.6. The summed E-state index contributed by atoms with van der Waals surface area (Å²) in [5, 5.41) is 23.7. The van der Waals surface area contributed by atoms with Crippen molar-refractivity contribution in [3.8, 4) is 18.4 Å². The number of halogens is 2. The van der Waals surface area contributed by atoms with E-state index in [-0.39, 0.29) is 5.41 Å². The second-order valence-electron chi connectivity index (χ2n) is 11.9. The molecule has 1 aromatic carbocycles. The lowest BCUT2D eigenvalue weighted by atomic mass is 9.96. The Morgan fingerprint density at radius 1 is 1.21 bits per heavy atom. The van der Waals surface area contributed by atoms with Crippen LogP contribution in [0.15, 0.2) is 60.8 Å². The number of rotatable bonds is 8. The van der Waals surface area contributed by atoms with Crippen LogP contribution in [-0.2, 0) is 0 Å². The molecule has 214 valence electrons. The van der Waals surface area contributed by atoms with Crippen molar-refractivity contribution in [2.75, 3.05) is 17.2 Å². The smallest absolute Gasteiger partial charge is 0.262 e. The standard InChI is InChI=1S/C31H31F2N9/c1-5-19-16-35-27-20(15-34)13-21(14-23(27)26(19)36-18-30(2,3)4)38-28(22-7-6-12-41-25(22)8-11-37-41)24-17-42(40-39-24)31(9-10-31)29(32)33/h1,6-8,11-14,16-17,28-29,38-40H,9-10,18H2,2-4H3,(H,35,36)/t28-/m0/s1. The predicted octanol–water partition coefficient (Wildman–Crippen LogP) is 5.31. The van der Waals surface area contributed by atoms with Crippen LogP contribution in [0, 0.1) is 29.1 Å². The highest BCUT2D eigenvalue weighted by atomic mass is 19.3. The Morgan fingerprint density at radius 3 is 2.71 bits per heavy atom. The minimum Gasteiger partial charge on any atom is -0.383 e. The number of hydrazine groups is 2. The molecule has 1 fully saturated rings. The maximum atomic E-state index is 13.9. The van der Waals surface area contributed by atoms with Crippen LogP contribution in [0.2, 0.25) is 0 Å². The predicted molar refractivity (Wildman–Crippen MR) is 158 cm³/mol. The van der Waals surface area contributed by atoms with Gasteiger partial charge in [0.15, 0.2) is 0 Å². The lowest BCUT2D eigenvalue weighted by molar-refractivity contribution is 0.00911. The zero-order valence-electron chi connectivity index (χ0n) is 23.5. The van der Waals surface area contributed by atoms with Crippen molar-refractivity contribution in [2.45, 2.75) is 51.6 Å². The summed E-state index contributed by atoms with van der Waals surface area (Å²) >= 11 is 0. The Morgan fingerprint density at radius 2 is 2.02 bits per heavy atom. The molecule has 4 aromatic rings. The summed E-state index contributed by atoms with van der Waals surface area (Å²) in [5.41, 5.74) is 9.99. The Bertz CT molecular complexity index is 1780. The number of pyridine rings is 2. The number of nitrogens with zero attached hydrogens (tertiary/aromatic N) is 5. The number of benzene rings is 1. The van der Waals surface area contributed by atoms with Crippen molar-refractivity contribution in [1.29, 1.82) is 5.26 Å². The van der Waals surface area contributed by atoms with Crippen LogP contribution in [0.5, 0.6) is 0 Å². The van der Waals surface area contributed by atoms with Gasteiger partial charge in [0.2, 0.25) is 0 Å². The van der Waals surface area contributed by atoms with E-state index in [0.29, 0.717) is 52.8 Å². The molecule has 0 spiro atoms. The molecule has 1 aliphatic heterocycles. The molecule has 3 aromatic heterocycles. The van der Waals surface area contributed by atoms with Gasteiger partial charge in [-0.05, 0) is 42.5 Å². The number of hydrogen-bond acceptors (Lipinski definition) is 8. The molecule has 4 heterocycles. The molecule has 11 heteroatoms. The molecule has 9 nitrogen and oxygen atoms in total. The molecule has 1 atom stereocenters. The van der Waals surface area contributed by atoms with Crippen molar-refractivity contribution >= 4 is 27.8 Å². The number of terminal acetylenes is 1. The van der Waals surface area contributed by atoms with Crippen LogP contribution in [0.1, 0.15) is 56.3 Å². The first-order valence-corrected chi connectivity index (χ1v) is 13.7. The average Bonchev–Trinajstić information content (AvgIpc) is 3.39. The summed E-state index contributed by atoms with van der Waals surface area (Å²) in [6.45, 7) is 7.01. The minimum atomic E-state index is -2.50. The molecule has 1 aliphatic carbocycles. The Labute approximate surface area is 242 Å². The molecular formula is C31H31F2N9. The SMILES string of the molecule is C#Cc1cnc2c(C#N)cc(N[C@H](C3=CN(C4(C(F)F)CC4)NN3)c3cccn4nccc34)cc2c1NCC(C)(C)C. The van der Waals surface area contributed by atoms with Gasteiger partial charge in [-0.25, -0.2) is 13.3 Å². The van der Waals surface area contributed by atoms with E-state index < -0.39 is 18.0 Å². The number of aromatic nitrogens is 3. The number of anilines is 2. The number of alkyl halides is 2. The largest absolute Gasteiger partial charge is 0.383 e. The van der Waals surface area contributed by atoms with E-state index in [1.54, 1.807) is 29.2 Å². The second kappa shape index (κ2) is 10.2. The number of nitriles is 1. The summed E-state index contributed by atoms with van der Waals surface area (Å²) < 4.78 is 29.6. The fraction of sp³-hybridized carbons (Fsp3) is 0.323. The summed E-state index contributed by atoms with van der Waals surface area (Å²) in [6, 6.07) is 11.1. The lowest BCUT2D eigenvalue weighted by Gasteiger charge is -2.25. The first kappa shape index (κ1) is 27.3. The molecule has 1 saturated carbocycles. The molecule has 0 saturated heterocycles. The molecule has 42 heavy (non-hydrogen) atoms. The zero-order valence-corrected chi connectivity index (χ0v) is 23.5. The topological polar surface area (TPSA) is 105 Å². The first-order chi connectivity index (χ1) is 20.1. The lowest BCUT2D eigenvalue weighted by Crippen LogP contribution is -2.48. The van der Waals surface area contributed by atoms with E-state index in [9.17, 15) is 14.0 Å². The number of nitrogens with one attached hydrogen (secondary N) is 4. The third kappa shape index (κ3) is 4.82. The molecule has 4 N–H and O–H groups in total. The van der Waals surface area contributed by atoms with Gasteiger partial charge >= 0.3 is 0 Å². The monoisotopic (exact) mass is 567 g/mol. The molecule has 0 unspecified atom stereocenters. The first-order valence-electron chi connectivity index (χ1n) is 13.7. The third-order valence-electron chi connectivity index (χ3n) is 7.68. The summed E-state index contributed by atoms with van der Waals surface area (Å²) in [7, 11) is 0. The highest BCUT2D eigenvalue weighted by Gasteiger charge is 2.56. The van der Waals surface area contributed by atoms with Crippen molar-refractivity contribution in [2.24, 2.45) is 5.41 Å². The van der Waals surface area contributed by atoms with Crippen LogP contribution in [0.25, 0.3) is 16.4 Å². The van der Waals surface area contributed by atoms with E-state index in [2.05, 4.69) is 64.4 Å². The van der Waals surface area contributed by atoms with Crippen molar-refractivity contribution in [3.63, 3.8) is 0 Å². The maximum absolute atomic E-state index is 13.9. The molecule has 0 amide bonds. The second-order valence-corrected chi connectivity index (χ2v) is 11.9. The van der Waals surface area contributed by atoms with E-state index in [4.69, 9.17) is 6.42 Å². The number of hydrogen-bond donors (Lipinski definition) is 4. The summed E-state index contributed by atoms with van der Waals surface area (Å²) in [6.07, 6.45) is 11.0. The maximum Gasteiger partial charge on any atom is 0.262 e. The highest BCUT2D eigenvalue weighted by molar-refractivity contribution is 5.99. The Kier molecular flexibility index (Phi) is 6.63. The summed E-state index contributed by atoms with van der Waals surface area (Å²) in [4.78, 5) is 4.52. The van der Waals surface area contributed by atoms with E-state index >= 15 is 0 Å². The van der Waals surface area contributed by atoms with Gasteiger partial charge in [-0.1, -0.05) is 32.8 Å². The molecular weight excluding hydrogens is 536 g/mol. The van der Waals surface area contributed by atoms with Crippen LogP contribution in [0.4, 0.5) is 20.2 Å². The summed E-state index contributed by atoms with van der Waals surface area (Å²) in [5.74, 6) is 2.71. The Balaban J connectivity index is 1.47. The van der Waals surface area contributed by atoms with Gasteiger partial charge in [-0.15, -0.1) is 12.0 Å². The van der Waals surface area contributed by atoms with Crippen LogP contribution in [-0.4, -0.2) is 38.1 Å². The molecule has 2 aliphatic rings. The van der Waals surface area contributed by atoms with E-state index in [1.807, 2.05) is 30.5 Å². The highest BCUT2D eigenvalue weighted by Crippen LogP contribution is 2.47. The molecule has 0 radical (unpaired) electrons. The van der Waals surface area contributed by atoms with Gasteiger partial charge in [-0.3, -0.25) is 9.99 Å². The van der Waals surface area contributed by atoms with Crippen molar-refractivity contribution < 1.29 is 8.78 Å². The average molecular weight is 568 g/mol. The fourth-order valence-electron chi connectivity index (χ4n) is 5.24. The molecule has 0 bridgehead atoms. The van der Waals surface area contributed by atoms with Gasteiger partial charge in [0.05, 0.1) is 39.6 Å². The Hall–Kier alpha value is -4.87. The van der Waals surface area contributed by atoms with E-state index in [1.165, 1.54) is 5.01 Å². The van der Waals surface area contributed by atoms with Gasteiger partial charge in [0.1, 0.15) is 11.6 Å². The van der Waals surface area contributed by atoms with Crippen molar-refractivity contribution in [3.05, 3.63) is 77.5 Å².